The van der Waals surface area contributed by atoms with Crippen LogP contribution in [-0.4, -0.2) is 17.4 Å². The van der Waals surface area contributed by atoms with Crippen molar-refractivity contribution in [3.05, 3.63) is 71.8 Å². The third-order valence-corrected chi connectivity index (χ3v) is 4.72. The molecular formula is C21H22F2N2O. The molecule has 0 spiro atoms. The van der Waals surface area contributed by atoms with E-state index in [9.17, 15) is 13.6 Å². The first kappa shape index (κ1) is 18.1. The van der Waals surface area contributed by atoms with Gasteiger partial charge in [0.25, 0.3) is 5.92 Å². The minimum Gasteiger partial charge on any atom is -0.356 e. The molecule has 26 heavy (non-hydrogen) atoms. The van der Waals surface area contributed by atoms with Crippen molar-refractivity contribution in [2.45, 2.75) is 32.2 Å². The smallest absolute Gasteiger partial charge is 0.273 e. The molecule has 1 aliphatic rings. The molecule has 0 fully saturated rings. The predicted molar refractivity (Wildman–Crippen MR) is 99.7 cm³/mol. The molecule has 0 atom stereocenters. The van der Waals surface area contributed by atoms with Crippen LogP contribution in [0.3, 0.4) is 0 Å². The zero-order chi connectivity index (χ0) is 18.7. The second-order valence-corrected chi connectivity index (χ2v) is 6.46. The van der Waals surface area contributed by atoms with Crippen LogP contribution in [0.1, 0.15) is 30.0 Å². The van der Waals surface area contributed by atoms with Crippen LogP contribution in [0, 0.1) is 0 Å². The van der Waals surface area contributed by atoms with E-state index in [4.69, 9.17) is 0 Å². The highest BCUT2D eigenvalue weighted by Gasteiger charge is 2.28. The van der Waals surface area contributed by atoms with E-state index < -0.39 is 5.92 Å². The Balaban J connectivity index is 1.81. The summed E-state index contributed by atoms with van der Waals surface area (Å²) in [5.74, 6) is -2.91. The van der Waals surface area contributed by atoms with Crippen LogP contribution in [0.15, 0.2) is 55.1 Å². The largest absolute Gasteiger partial charge is 0.356 e. The first-order valence-electron chi connectivity index (χ1n) is 8.71. The van der Waals surface area contributed by atoms with Crippen LogP contribution in [0.2, 0.25) is 0 Å². The normalized spacial score (nSPS) is 13.9. The molecule has 3 nitrogen and oxygen atoms in total. The number of rotatable bonds is 5. The summed E-state index contributed by atoms with van der Waals surface area (Å²) in [6.07, 6.45) is 1.89. The highest BCUT2D eigenvalue weighted by Crippen LogP contribution is 2.33. The van der Waals surface area contributed by atoms with E-state index in [1.54, 1.807) is 17.0 Å². The van der Waals surface area contributed by atoms with Gasteiger partial charge in [-0.3, -0.25) is 4.79 Å². The van der Waals surface area contributed by atoms with Crippen LogP contribution in [-0.2, 0) is 23.7 Å². The first-order chi connectivity index (χ1) is 12.4. The van der Waals surface area contributed by atoms with Crippen LogP contribution in [0.5, 0.6) is 0 Å². The number of halogens is 2. The maximum Gasteiger partial charge on any atom is 0.273 e. The van der Waals surface area contributed by atoms with Gasteiger partial charge < -0.3 is 10.2 Å². The fourth-order valence-corrected chi connectivity index (χ4v) is 3.15. The van der Waals surface area contributed by atoms with E-state index in [2.05, 4.69) is 11.9 Å². The van der Waals surface area contributed by atoms with E-state index in [-0.39, 0.29) is 17.9 Å². The number of carbonyl (C=O) groups is 1. The van der Waals surface area contributed by atoms with Crippen LogP contribution in [0.25, 0.3) is 0 Å². The molecule has 0 radical (unpaired) electrons. The first-order valence-corrected chi connectivity index (χ1v) is 8.71. The Hall–Kier alpha value is -2.69. The Labute approximate surface area is 152 Å². The molecule has 0 unspecified atom stereocenters. The Bertz CT molecular complexity index is 833. The molecule has 5 heteroatoms. The molecule has 1 heterocycles. The predicted octanol–water partition coefficient (Wildman–Crippen LogP) is 5.00. The van der Waals surface area contributed by atoms with Gasteiger partial charge in [0.2, 0.25) is 5.91 Å². The van der Waals surface area contributed by atoms with Crippen LogP contribution >= 0.6 is 0 Å². The number of carbonyl (C=O) groups excluding carboxylic acids is 1. The molecule has 2 aromatic rings. The summed E-state index contributed by atoms with van der Waals surface area (Å²) in [7, 11) is 0. The van der Waals surface area contributed by atoms with Crippen molar-refractivity contribution in [1.29, 1.82) is 0 Å². The van der Waals surface area contributed by atoms with Gasteiger partial charge in [-0.1, -0.05) is 31.7 Å². The molecule has 0 bridgehead atoms. The van der Waals surface area contributed by atoms with Gasteiger partial charge in [0, 0.05) is 36.4 Å². The molecule has 0 aromatic heterocycles. The Kier molecular flexibility index (Phi) is 5.07. The van der Waals surface area contributed by atoms with Crippen molar-refractivity contribution in [1.82, 2.24) is 4.90 Å². The van der Waals surface area contributed by atoms with Crippen molar-refractivity contribution in [2.75, 3.05) is 11.9 Å². The van der Waals surface area contributed by atoms with E-state index in [0.29, 0.717) is 18.8 Å². The van der Waals surface area contributed by atoms with Crippen molar-refractivity contribution < 1.29 is 13.6 Å². The van der Waals surface area contributed by atoms with Gasteiger partial charge in [-0.15, -0.1) is 0 Å². The monoisotopic (exact) mass is 356 g/mol. The van der Waals surface area contributed by atoms with E-state index in [1.165, 1.54) is 30.7 Å². The molecular weight excluding hydrogens is 334 g/mol. The molecule has 136 valence electrons. The molecule has 1 amide bonds. The fraction of sp³-hybridized carbons (Fsp3) is 0.286. The highest BCUT2D eigenvalue weighted by atomic mass is 19.3. The number of hydrogen-bond acceptors (Lipinski definition) is 2. The molecule has 1 aliphatic heterocycles. The second-order valence-electron chi connectivity index (χ2n) is 6.46. The van der Waals surface area contributed by atoms with E-state index >= 15 is 0 Å². The number of alkyl halides is 2. The maximum atomic E-state index is 13.9. The standard InChI is InChI=1S/C21H22F2N2O/c1-3-20(26)25-11-10-15-8-9-19(12-16(15)14-25)24-18-7-5-6-17(13-18)21(22,23)4-2/h3,5-9,12-13,24H,1,4,10-11,14H2,2H3. The van der Waals surface area contributed by atoms with Gasteiger partial charge in [-0.2, -0.15) is 0 Å². The zero-order valence-corrected chi connectivity index (χ0v) is 14.8. The van der Waals surface area contributed by atoms with Gasteiger partial charge in [-0.25, -0.2) is 8.78 Å². The minimum atomic E-state index is -2.83. The third kappa shape index (κ3) is 3.77. The number of fused-ring (bicyclic) bond motifs is 1. The summed E-state index contributed by atoms with van der Waals surface area (Å²) >= 11 is 0. The number of anilines is 2. The Morgan fingerprint density at radius 1 is 1.23 bits per heavy atom. The lowest BCUT2D eigenvalue weighted by Gasteiger charge is -2.28. The SMILES string of the molecule is C=CC(=O)N1CCc2ccc(Nc3cccc(C(F)(F)CC)c3)cc2C1. The summed E-state index contributed by atoms with van der Waals surface area (Å²) in [4.78, 5) is 13.6. The molecule has 2 aromatic carbocycles. The zero-order valence-electron chi connectivity index (χ0n) is 14.8. The van der Waals surface area contributed by atoms with Gasteiger partial charge in [0.15, 0.2) is 0 Å². The summed E-state index contributed by atoms with van der Waals surface area (Å²) < 4.78 is 27.8. The summed E-state index contributed by atoms with van der Waals surface area (Å²) in [6, 6.07) is 12.3. The van der Waals surface area contributed by atoms with E-state index in [1.807, 2.05) is 18.2 Å². The third-order valence-electron chi connectivity index (χ3n) is 4.72. The van der Waals surface area contributed by atoms with Crippen LogP contribution in [0.4, 0.5) is 20.2 Å². The summed E-state index contributed by atoms with van der Waals surface area (Å²) in [5, 5.41) is 3.19. The van der Waals surface area contributed by atoms with Gasteiger partial charge >= 0.3 is 0 Å². The van der Waals surface area contributed by atoms with Crippen LogP contribution < -0.4 is 5.32 Å². The van der Waals surface area contributed by atoms with Crippen molar-refractivity contribution >= 4 is 17.3 Å². The molecule has 1 N–H and O–H groups in total. The van der Waals surface area contributed by atoms with Crippen molar-refractivity contribution in [3.63, 3.8) is 0 Å². The number of amides is 1. The quantitative estimate of drug-likeness (QED) is 0.765. The fourth-order valence-electron chi connectivity index (χ4n) is 3.15. The Morgan fingerprint density at radius 2 is 2.00 bits per heavy atom. The number of benzene rings is 2. The van der Waals surface area contributed by atoms with Gasteiger partial charge in [0.05, 0.1) is 0 Å². The summed E-state index contributed by atoms with van der Waals surface area (Å²) in [6.45, 7) is 6.22. The number of hydrogen-bond donors (Lipinski definition) is 1. The molecule has 3 rings (SSSR count). The van der Waals surface area contributed by atoms with Crippen molar-refractivity contribution in [2.24, 2.45) is 0 Å². The molecule has 0 saturated carbocycles. The van der Waals surface area contributed by atoms with Crippen molar-refractivity contribution in [3.8, 4) is 0 Å². The average molecular weight is 356 g/mol. The minimum absolute atomic E-state index is 0.00529. The Morgan fingerprint density at radius 3 is 2.73 bits per heavy atom. The molecule has 0 saturated heterocycles. The lowest BCUT2D eigenvalue weighted by molar-refractivity contribution is -0.126. The average Bonchev–Trinajstić information content (AvgIpc) is 2.67. The van der Waals surface area contributed by atoms with Gasteiger partial charge in [0.1, 0.15) is 0 Å². The lowest BCUT2D eigenvalue weighted by atomic mass is 9.98. The maximum absolute atomic E-state index is 13.9. The lowest BCUT2D eigenvalue weighted by Crippen LogP contribution is -2.34. The topological polar surface area (TPSA) is 32.3 Å². The van der Waals surface area contributed by atoms with E-state index in [0.717, 1.165) is 17.7 Å². The number of nitrogens with one attached hydrogen (secondary N) is 1. The molecule has 0 aliphatic carbocycles. The summed E-state index contributed by atoms with van der Waals surface area (Å²) in [5.41, 5.74) is 3.70. The highest BCUT2D eigenvalue weighted by molar-refractivity contribution is 5.87. The second kappa shape index (κ2) is 7.28. The number of nitrogens with zero attached hydrogens (tertiary/aromatic N) is 1. The van der Waals surface area contributed by atoms with Gasteiger partial charge in [-0.05, 0) is 47.9 Å².